The first-order chi connectivity index (χ1) is 30.6. The molecule has 1 atom stereocenters. The molecule has 356 valence electrons. The van der Waals surface area contributed by atoms with E-state index in [9.17, 15) is 14.7 Å². The van der Waals surface area contributed by atoms with Gasteiger partial charge in [0, 0.05) is 12.8 Å². The van der Waals surface area contributed by atoms with Crippen LogP contribution in [0.2, 0.25) is 0 Å². The fraction of sp³-hybridized carbons (Fsp3) is 0.719. The Hall–Kier alpha value is -2.92. The van der Waals surface area contributed by atoms with Crippen LogP contribution in [0.1, 0.15) is 245 Å². The van der Waals surface area contributed by atoms with E-state index in [1.807, 2.05) is 0 Å². The van der Waals surface area contributed by atoms with Gasteiger partial charge in [-0.15, -0.1) is 0 Å². The third kappa shape index (κ3) is 49.7. The molecule has 5 heteroatoms. The van der Waals surface area contributed by atoms with Crippen molar-refractivity contribution in [2.75, 3.05) is 13.2 Å². The Morgan fingerprint density at radius 2 is 0.694 bits per heavy atom. The summed E-state index contributed by atoms with van der Waals surface area (Å²) in [4.78, 5) is 24.4. The summed E-state index contributed by atoms with van der Waals surface area (Å²) in [5.74, 6) is -0.604. The molecule has 0 saturated carbocycles. The Kier molecular flexibility index (Phi) is 50.0. The van der Waals surface area contributed by atoms with Gasteiger partial charge < -0.3 is 14.6 Å². The van der Waals surface area contributed by atoms with E-state index >= 15 is 0 Å². The zero-order valence-corrected chi connectivity index (χ0v) is 40.6. The number of aliphatic hydroxyl groups is 1. The number of carbonyl (C=O) groups is 2. The van der Waals surface area contributed by atoms with Crippen molar-refractivity contribution in [1.82, 2.24) is 0 Å². The minimum absolute atomic E-state index is 0.0742. The molecule has 0 amide bonds. The number of unbranched alkanes of at least 4 members (excludes halogenated alkanes) is 25. The summed E-state index contributed by atoms with van der Waals surface area (Å²) in [6.45, 7) is 4.00. The van der Waals surface area contributed by atoms with Gasteiger partial charge in [-0.2, -0.15) is 0 Å². The Balaban J connectivity index is 3.48. The standard InChI is InChI=1S/C57H98O5/c1-3-5-7-9-11-13-15-17-19-20-21-22-23-24-25-26-27-28-29-30-31-32-33-34-35-36-38-40-42-44-46-48-50-52-57(60)62-55(53-58)54-61-56(59)51-49-47-45-43-41-39-37-18-16-14-12-10-8-6-4-2/h5,7,11-14,17-19,21-22,24-25,37,55,58H,3-4,6,8-10,15-16,20,23,26-36,38-54H2,1-2H3/b7-5-,13-11-,14-12-,19-17-,22-21-,25-24-,37-18-. The number of carbonyl (C=O) groups excluding carboxylic acids is 2. The average Bonchev–Trinajstić information content (AvgIpc) is 3.28. The normalized spacial score (nSPS) is 12.9. The summed E-state index contributed by atoms with van der Waals surface area (Å²) >= 11 is 0. The van der Waals surface area contributed by atoms with Crippen LogP contribution < -0.4 is 0 Å². The summed E-state index contributed by atoms with van der Waals surface area (Å²) in [6, 6.07) is 0. The summed E-state index contributed by atoms with van der Waals surface area (Å²) in [5, 5.41) is 9.62. The predicted octanol–water partition coefficient (Wildman–Crippen LogP) is 17.4. The maximum absolute atomic E-state index is 12.3. The molecular formula is C57H98O5. The molecule has 62 heavy (non-hydrogen) atoms. The maximum atomic E-state index is 12.3. The van der Waals surface area contributed by atoms with Crippen LogP contribution in [-0.4, -0.2) is 36.4 Å². The minimum atomic E-state index is -0.780. The van der Waals surface area contributed by atoms with Crippen LogP contribution in [0.5, 0.6) is 0 Å². The van der Waals surface area contributed by atoms with Crippen molar-refractivity contribution in [3.05, 3.63) is 85.1 Å². The van der Waals surface area contributed by atoms with Gasteiger partial charge in [0.25, 0.3) is 0 Å². The molecule has 0 aliphatic rings. The van der Waals surface area contributed by atoms with Gasteiger partial charge in [0.15, 0.2) is 6.10 Å². The van der Waals surface area contributed by atoms with E-state index in [0.717, 1.165) is 83.5 Å². The lowest BCUT2D eigenvalue weighted by Gasteiger charge is -2.15. The predicted molar refractivity (Wildman–Crippen MR) is 269 cm³/mol. The van der Waals surface area contributed by atoms with Gasteiger partial charge in [-0.25, -0.2) is 0 Å². The lowest BCUT2D eigenvalue weighted by Crippen LogP contribution is -2.28. The summed E-state index contributed by atoms with van der Waals surface area (Å²) in [6.07, 6.45) is 72.6. The average molecular weight is 863 g/mol. The summed E-state index contributed by atoms with van der Waals surface area (Å²) in [7, 11) is 0. The van der Waals surface area contributed by atoms with Crippen molar-refractivity contribution in [1.29, 1.82) is 0 Å². The van der Waals surface area contributed by atoms with Crippen LogP contribution in [0, 0.1) is 0 Å². The van der Waals surface area contributed by atoms with Gasteiger partial charge in [-0.3, -0.25) is 9.59 Å². The molecule has 0 spiro atoms. The summed E-state index contributed by atoms with van der Waals surface area (Å²) in [5.41, 5.74) is 0. The lowest BCUT2D eigenvalue weighted by molar-refractivity contribution is -0.161. The SMILES string of the molecule is CC/C=C\C/C=C\C/C=C\C/C=C\C/C=C\CCCCCCCCCCCCCCCCCCCC(=O)OC(CO)COC(=O)CCCCCCC/C=C\C/C=C\CCCCC. The van der Waals surface area contributed by atoms with Crippen LogP contribution in [0.25, 0.3) is 0 Å². The highest BCUT2D eigenvalue weighted by molar-refractivity contribution is 5.70. The van der Waals surface area contributed by atoms with E-state index in [4.69, 9.17) is 9.47 Å². The quantitative estimate of drug-likeness (QED) is 0.0375. The second-order valence-electron chi connectivity index (χ2n) is 17.2. The Morgan fingerprint density at radius 3 is 1.05 bits per heavy atom. The molecule has 0 bridgehead atoms. The monoisotopic (exact) mass is 863 g/mol. The number of ether oxygens (including phenoxy) is 2. The highest BCUT2D eigenvalue weighted by Gasteiger charge is 2.16. The molecule has 0 radical (unpaired) electrons. The largest absolute Gasteiger partial charge is 0.462 e. The van der Waals surface area contributed by atoms with Gasteiger partial charge in [0.05, 0.1) is 6.61 Å². The molecule has 0 aliphatic heterocycles. The number of allylic oxidation sites excluding steroid dienone is 14. The van der Waals surface area contributed by atoms with E-state index in [0.29, 0.717) is 12.8 Å². The minimum Gasteiger partial charge on any atom is -0.462 e. The molecule has 0 aliphatic carbocycles. The van der Waals surface area contributed by atoms with Crippen LogP contribution in [-0.2, 0) is 19.1 Å². The van der Waals surface area contributed by atoms with Crippen molar-refractivity contribution < 1.29 is 24.2 Å². The Labute approximate surface area is 384 Å². The van der Waals surface area contributed by atoms with Crippen LogP contribution in [0.15, 0.2) is 85.1 Å². The first kappa shape index (κ1) is 59.1. The first-order valence-corrected chi connectivity index (χ1v) is 26.1. The molecule has 0 heterocycles. The molecule has 0 saturated heterocycles. The number of hydrogen-bond donors (Lipinski definition) is 1. The van der Waals surface area contributed by atoms with Crippen molar-refractivity contribution in [2.45, 2.75) is 251 Å². The van der Waals surface area contributed by atoms with E-state index in [2.05, 4.69) is 98.9 Å². The lowest BCUT2D eigenvalue weighted by atomic mass is 10.0. The smallest absolute Gasteiger partial charge is 0.306 e. The van der Waals surface area contributed by atoms with E-state index in [-0.39, 0.29) is 25.2 Å². The second kappa shape index (κ2) is 52.4. The highest BCUT2D eigenvalue weighted by atomic mass is 16.6. The Morgan fingerprint density at radius 1 is 0.387 bits per heavy atom. The molecule has 1 N–H and O–H groups in total. The number of hydrogen-bond acceptors (Lipinski definition) is 5. The van der Waals surface area contributed by atoms with Gasteiger partial charge in [-0.05, 0) is 89.9 Å². The van der Waals surface area contributed by atoms with Gasteiger partial charge >= 0.3 is 11.9 Å². The van der Waals surface area contributed by atoms with Crippen LogP contribution in [0.4, 0.5) is 0 Å². The molecule has 0 rings (SSSR count). The molecule has 5 nitrogen and oxygen atoms in total. The third-order valence-corrected chi connectivity index (χ3v) is 11.2. The summed E-state index contributed by atoms with van der Waals surface area (Å²) < 4.78 is 10.7. The second-order valence-corrected chi connectivity index (χ2v) is 17.2. The van der Waals surface area contributed by atoms with Gasteiger partial charge in [0.1, 0.15) is 6.61 Å². The fourth-order valence-electron chi connectivity index (χ4n) is 7.26. The van der Waals surface area contributed by atoms with E-state index < -0.39 is 6.10 Å². The fourth-order valence-corrected chi connectivity index (χ4v) is 7.26. The van der Waals surface area contributed by atoms with Gasteiger partial charge in [-0.1, -0.05) is 227 Å². The molecule has 0 fully saturated rings. The zero-order chi connectivity index (χ0) is 44.9. The molecule has 0 aromatic rings. The molecular weight excluding hydrogens is 765 g/mol. The topological polar surface area (TPSA) is 72.8 Å². The van der Waals surface area contributed by atoms with Crippen molar-refractivity contribution in [3.63, 3.8) is 0 Å². The van der Waals surface area contributed by atoms with Crippen LogP contribution >= 0.6 is 0 Å². The van der Waals surface area contributed by atoms with E-state index in [1.165, 1.54) is 135 Å². The maximum Gasteiger partial charge on any atom is 0.306 e. The third-order valence-electron chi connectivity index (χ3n) is 11.2. The molecule has 1 unspecified atom stereocenters. The highest BCUT2D eigenvalue weighted by Crippen LogP contribution is 2.16. The Bertz CT molecular complexity index is 1160. The zero-order valence-electron chi connectivity index (χ0n) is 40.6. The van der Waals surface area contributed by atoms with Crippen molar-refractivity contribution >= 4 is 11.9 Å². The van der Waals surface area contributed by atoms with Crippen molar-refractivity contribution in [2.24, 2.45) is 0 Å². The molecule has 0 aromatic carbocycles. The first-order valence-electron chi connectivity index (χ1n) is 26.1. The van der Waals surface area contributed by atoms with Gasteiger partial charge in [0.2, 0.25) is 0 Å². The van der Waals surface area contributed by atoms with E-state index in [1.54, 1.807) is 0 Å². The molecule has 0 aromatic heterocycles. The van der Waals surface area contributed by atoms with Crippen molar-refractivity contribution in [3.8, 4) is 0 Å². The number of aliphatic hydroxyl groups excluding tert-OH is 1. The van der Waals surface area contributed by atoms with Crippen LogP contribution in [0.3, 0.4) is 0 Å². The number of esters is 2. The number of rotatable bonds is 47.